The van der Waals surface area contributed by atoms with Gasteiger partial charge in [0.1, 0.15) is 5.54 Å². The van der Waals surface area contributed by atoms with Crippen LogP contribution in [0.3, 0.4) is 0 Å². The minimum absolute atomic E-state index is 0.188. The predicted octanol–water partition coefficient (Wildman–Crippen LogP) is 2.32. The standard InChI is InChI=1S/C15H22N4O/c1-4-12-5-7-15(10-16,8-6-12)17-14(20)13-9-19(3)18-11(13)2/h9,12H,4-8H2,1-3H3,(H,17,20). The van der Waals surface area contributed by atoms with E-state index in [-0.39, 0.29) is 5.91 Å². The third-order valence-corrected chi connectivity index (χ3v) is 4.36. The molecule has 0 unspecified atom stereocenters. The molecule has 0 aliphatic heterocycles. The van der Waals surface area contributed by atoms with Gasteiger partial charge in [-0.15, -0.1) is 0 Å². The van der Waals surface area contributed by atoms with Crippen LogP contribution in [0.1, 0.15) is 55.1 Å². The van der Waals surface area contributed by atoms with E-state index in [1.54, 1.807) is 17.9 Å². The molecule has 0 aromatic carbocycles. The number of hydrogen-bond donors (Lipinski definition) is 1. The van der Waals surface area contributed by atoms with Crippen LogP contribution in [0, 0.1) is 24.2 Å². The minimum Gasteiger partial charge on any atom is -0.334 e. The van der Waals surface area contributed by atoms with E-state index in [0.717, 1.165) is 32.1 Å². The molecule has 0 saturated heterocycles. The van der Waals surface area contributed by atoms with Gasteiger partial charge in [0.2, 0.25) is 0 Å². The molecule has 1 saturated carbocycles. The molecule has 1 aliphatic carbocycles. The Kier molecular flexibility index (Phi) is 4.12. The van der Waals surface area contributed by atoms with E-state index in [4.69, 9.17) is 0 Å². The van der Waals surface area contributed by atoms with Gasteiger partial charge in [0.15, 0.2) is 0 Å². The Morgan fingerprint density at radius 1 is 1.60 bits per heavy atom. The second kappa shape index (κ2) is 5.66. The van der Waals surface area contributed by atoms with Crippen LogP contribution < -0.4 is 5.32 Å². The van der Waals surface area contributed by atoms with Crippen molar-refractivity contribution in [3.63, 3.8) is 0 Å². The molecule has 1 fully saturated rings. The summed E-state index contributed by atoms with van der Waals surface area (Å²) in [6.07, 6.45) is 6.36. The fraction of sp³-hybridized carbons (Fsp3) is 0.667. The first kappa shape index (κ1) is 14.6. The summed E-state index contributed by atoms with van der Waals surface area (Å²) in [6, 6.07) is 2.33. The normalized spacial score (nSPS) is 26.0. The number of nitrogens with zero attached hydrogens (tertiary/aromatic N) is 3. The van der Waals surface area contributed by atoms with Crippen LogP contribution in [0.15, 0.2) is 6.20 Å². The Balaban J connectivity index is 2.09. The molecule has 1 aromatic heterocycles. The van der Waals surface area contributed by atoms with Crippen molar-refractivity contribution in [3.8, 4) is 6.07 Å². The summed E-state index contributed by atoms with van der Waals surface area (Å²) in [5.41, 5.74) is 0.547. The van der Waals surface area contributed by atoms with E-state index in [1.807, 2.05) is 6.92 Å². The molecule has 108 valence electrons. The van der Waals surface area contributed by atoms with Gasteiger partial charge in [0.05, 0.1) is 17.3 Å². The Morgan fingerprint density at radius 3 is 2.70 bits per heavy atom. The first-order chi connectivity index (χ1) is 9.49. The molecule has 1 aromatic rings. The Labute approximate surface area is 120 Å². The quantitative estimate of drug-likeness (QED) is 0.919. The Morgan fingerprint density at radius 2 is 2.25 bits per heavy atom. The lowest BCUT2D eigenvalue weighted by Crippen LogP contribution is -2.49. The third-order valence-electron chi connectivity index (χ3n) is 4.36. The van der Waals surface area contributed by atoms with Gasteiger partial charge >= 0.3 is 0 Å². The monoisotopic (exact) mass is 274 g/mol. The smallest absolute Gasteiger partial charge is 0.255 e. The lowest BCUT2D eigenvalue weighted by Gasteiger charge is -2.35. The maximum atomic E-state index is 12.3. The van der Waals surface area contributed by atoms with Gasteiger partial charge in [-0.1, -0.05) is 13.3 Å². The van der Waals surface area contributed by atoms with E-state index in [1.165, 1.54) is 0 Å². The Bertz CT molecular complexity index is 533. The average molecular weight is 274 g/mol. The van der Waals surface area contributed by atoms with Crippen LogP contribution in [0.2, 0.25) is 0 Å². The fourth-order valence-corrected chi connectivity index (χ4v) is 2.95. The number of aryl methyl sites for hydroxylation is 2. The second-order valence-electron chi connectivity index (χ2n) is 5.80. The summed E-state index contributed by atoms with van der Waals surface area (Å²) in [5.74, 6) is 0.501. The van der Waals surface area contributed by atoms with Crippen LogP contribution in [0.5, 0.6) is 0 Å². The molecule has 2 rings (SSSR count). The molecule has 1 heterocycles. The van der Waals surface area contributed by atoms with Crippen molar-refractivity contribution in [2.75, 3.05) is 0 Å². The largest absolute Gasteiger partial charge is 0.334 e. The number of carbonyl (C=O) groups excluding carboxylic acids is 1. The molecule has 20 heavy (non-hydrogen) atoms. The van der Waals surface area contributed by atoms with E-state index >= 15 is 0 Å². The minimum atomic E-state index is -0.703. The molecule has 0 radical (unpaired) electrons. The lowest BCUT2D eigenvalue weighted by atomic mass is 9.76. The average Bonchev–Trinajstić information content (AvgIpc) is 2.78. The Hall–Kier alpha value is -1.83. The SMILES string of the molecule is CCC1CCC(C#N)(NC(=O)c2cn(C)nc2C)CC1. The maximum Gasteiger partial charge on any atom is 0.255 e. The molecule has 1 N–H and O–H groups in total. The van der Waals surface area contributed by atoms with E-state index < -0.39 is 5.54 Å². The zero-order chi connectivity index (χ0) is 14.8. The zero-order valence-corrected chi connectivity index (χ0v) is 12.4. The molecule has 0 bridgehead atoms. The van der Waals surface area contributed by atoms with Crippen molar-refractivity contribution >= 4 is 5.91 Å². The molecule has 1 aliphatic rings. The van der Waals surface area contributed by atoms with Gasteiger partial charge in [0.25, 0.3) is 5.91 Å². The van der Waals surface area contributed by atoms with Crippen LogP contribution in [0.25, 0.3) is 0 Å². The summed E-state index contributed by atoms with van der Waals surface area (Å²) in [7, 11) is 1.79. The fourth-order valence-electron chi connectivity index (χ4n) is 2.95. The maximum absolute atomic E-state index is 12.3. The van der Waals surface area contributed by atoms with Crippen molar-refractivity contribution < 1.29 is 4.79 Å². The van der Waals surface area contributed by atoms with Gasteiger partial charge in [-0.2, -0.15) is 10.4 Å². The highest BCUT2D eigenvalue weighted by molar-refractivity contribution is 5.95. The third kappa shape index (κ3) is 2.84. The van der Waals surface area contributed by atoms with Gasteiger partial charge < -0.3 is 5.32 Å². The summed E-state index contributed by atoms with van der Waals surface area (Å²) < 4.78 is 1.62. The highest BCUT2D eigenvalue weighted by Gasteiger charge is 2.37. The zero-order valence-electron chi connectivity index (χ0n) is 12.4. The number of aromatic nitrogens is 2. The molecular formula is C15H22N4O. The molecule has 1 amide bonds. The summed E-state index contributed by atoms with van der Waals surface area (Å²) in [6.45, 7) is 3.99. The topological polar surface area (TPSA) is 70.7 Å². The van der Waals surface area contributed by atoms with Gasteiger partial charge in [-0.3, -0.25) is 9.48 Å². The van der Waals surface area contributed by atoms with Crippen LogP contribution in [-0.4, -0.2) is 21.2 Å². The van der Waals surface area contributed by atoms with Crippen LogP contribution in [0.4, 0.5) is 0 Å². The number of hydrogen-bond acceptors (Lipinski definition) is 3. The molecule has 0 spiro atoms. The second-order valence-corrected chi connectivity index (χ2v) is 5.80. The molecule has 5 nitrogen and oxygen atoms in total. The van der Waals surface area contributed by atoms with Crippen molar-refractivity contribution in [2.45, 2.75) is 51.5 Å². The first-order valence-corrected chi connectivity index (χ1v) is 7.23. The van der Waals surface area contributed by atoms with Crippen LogP contribution >= 0.6 is 0 Å². The predicted molar refractivity (Wildman–Crippen MR) is 76.0 cm³/mol. The number of rotatable bonds is 3. The van der Waals surface area contributed by atoms with E-state index in [2.05, 4.69) is 23.4 Å². The first-order valence-electron chi connectivity index (χ1n) is 7.23. The molecule has 5 heteroatoms. The number of nitrogens with one attached hydrogen (secondary N) is 1. The highest BCUT2D eigenvalue weighted by Crippen LogP contribution is 2.33. The summed E-state index contributed by atoms with van der Waals surface area (Å²) in [4.78, 5) is 12.3. The van der Waals surface area contributed by atoms with Gasteiger partial charge in [-0.25, -0.2) is 0 Å². The van der Waals surface area contributed by atoms with Gasteiger partial charge in [0, 0.05) is 13.2 Å². The summed E-state index contributed by atoms with van der Waals surface area (Å²) in [5, 5.41) is 16.6. The number of nitriles is 1. The van der Waals surface area contributed by atoms with Gasteiger partial charge in [-0.05, 0) is 38.5 Å². The van der Waals surface area contributed by atoms with E-state index in [9.17, 15) is 10.1 Å². The van der Waals surface area contributed by atoms with Crippen molar-refractivity contribution in [2.24, 2.45) is 13.0 Å². The molecular weight excluding hydrogens is 252 g/mol. The van der Waals surface area contributed by atoms with E-state index in [0.29, 0.717) is 17.2 Å². The molecule has 0 atom stereocenters. The van der Waals surface area contributed by atoms with Crippen LogP contribution in [-0.2, 0) is 7.05 Å². The lowest BCUT2D eigenvalue weighted by molar-refractivity contribution is 0.0890. The van der Waals surface area contributed by atoms with Crippen molar-refractivity contribution in [1.82, 2.24) is 15.1 Å². The van der Waals surface area contributed by atoms with Crippen molar-refractivity contribution in [1.29, 1.82) is 5.26 Å². The number of amides is 1. The highest BCUT2D eigenvalue weighted by atomic mass is 16.1. The van der Waals surface area contributed by atoms with Crippen molar-refractivity contribution in [3.05, 3.63) is 17.5 Å². The number of carbonyl (C=O) groups is 1. The summed E-state index contributed by atoms with van der Waals surface area (Å²) >= 11 is 0.